The van der Waals surface area contributed by atoms with Crippen molar-refractivity contribution in [2.45, 2.75) is 34.1 Å². The lowest BCUT2D eigenvalue weighted by molar-refractivity contribution is 0.0697. The molecule has 2 rings (SSSR count). The quantitative estimate of drug-likeness (QED) is 0.651. The van der Waals surface area contributed by atoms with Gasteiger partial charge in [-0.3, -0.25) is 4.79 Å². The number of rotatable bonds is 6. The Balaban J connectivity index is 0.00000163. The lowest BCUT2D eigenvalue weighted by Crippen LogP contribution is -2.31. The first kappa shape index (κ1) is 21.9. The molecule has 4 nitrogen and oxygen atoms in total. The Bertz CT molecular complexity index is 741. The number of hydrogen-bond donors (Lipinski definition) is 1. The number of carbonyl (C=O) groups excluding carboxylic acids is 1. The van der Waals surface area contributed by atoms with E-state index in [2.05, 4.69) is 15.9 Å². The van der Waals surface area contributed by atoms with Gasteiger partial charge in [-0.2, -0.15) is 0 Å². The van der Waals surface area contributed by atoms with Gasteiger partial charge < -0.3 is 10.0 Å². The van der Waals surface area contributed by atoms with Gasteiger partial charge in [0.15, 0.2) is 0 Å². The molecule has 2 aromatic carbocycles. The maximum atomic E-state index is 12.7. The lowest BCUT2D eigenvalue weighted by Gasteiger charge is -2.20. The van der Waals surface area contributed by atoms with Crippen molar-refractivity contribution in [1.82, 2.24) is 4.90 Å². The van der Waals surface area contributed by atoms with Crippen LogP contribution in [-0.2, 0) is 0 Å². The summed E-state index contributed by atoms with van der Waals surface area (Å²) in [6, 6.07) is 12.4. The fourth-order valence-corrected chi connectivity index (χ4v) is 2.80. The van der Waals surface area contributed by atoms with E-state index in [-0.39, 0.29) is 11.5 Å². The molecular weight excluding hydrogens is 394 g/mol. The minimum absolute atomic E-state index is 0.117. The Morgan fingerprint density at radius 3 is 2.04 bits per heavy atom. The van der Waals surface area contributed by atoms with Gasteiger partial charge in [0.05, 0.1) is 5.56 Å². The van der Waals surface area contributed by atoms with Crippen LogP contribution in [0.25, 0.3) is 11.1 Å². The van der Waals surface area contributed by atoms with Gasteiger partial charge in [0, 0.05) is 23.1 Å². The average molecular weight is 420 g/mol. The van der Waals surface area contributed by atoms with E-state index in [9.17, 15) is 14.7 Å². The number of hydrogen-bond acceptors (Lipinski definition) is 2. The molecule has 2 aromatic rings. The molecule has 0 radical (unpaired) electrons. The highest BCUT2D eigenvalue weighted by atomic mass is 79.9. The van der Waals surface area contributed by atoms with E-state index in [0.717, 1.165) is 22.0 Å². The van der Waals surface area contributed by atoms with Crippen molar-refractivity contribution in [3.8, 4) is 11.1 Å². The topological polar surface area (TPSA) is 57.6 Å². The van der Waals surface area contributed by atoms with Crippen LogP contribution in [0.2, 0.25) is 0 Å². The molecule has 26 heavy (non-hydrogen) atoms. The van der Waals surface area contributed by atoms with Gasteiger partial charge in [-0.15, -0.1) is 0 Å². The number of nitrogens with zero attached hydrogens (tertiary/aromatic N) is 1. The summed E-state index contributed by atoms with van der Waals surface area (Å²) < 4.78 is 0.942. The summed E-state index contributed by atoms with van der Waals surface area (Å²) in [5, 5.41) is 9.37. The van der Waals surface area contributed by atoms with Gasteiger partial charge in [-0.25, -0.2) is 4.79 Å². The molecule has 0 atom stereocenters. The van der Waals surface area contributed by atoms with Gasteiger partial charge >= 0.3 is 5.97 Å². The first-order chi connectivity index (χ1) is 12.5. The zero-order valence-electron chi connectivity index (χ0n) is 15.8. The second-order valence-electron chi connectivity index (χ2n) is 5.50. The summed E-state index contributed by atoms with van der Waals surface area (Å²) in [5.74, 6) is -1.18. The number of amides is 1. The van der Waals surface area contributed by atoms with Crippen LogP contribution in [-0.4, -0.2) is 35.0 Å². The molecule has 0 heterocycles. The molecule has 0 spiro atoms. The number of aromatic carboxylic acids is 1. The highest BCUT2D eigenvalue weighted by molar-refractivity contribution is 9.10. The standard InChI is InChI=1S/C19H20BrNO3.C2H6/c1-3-9-21(4-2)18(22)15-10-14(11-16(12-15)19(23)24)13-5-7-17(20)8-6-13;1-2/h5-8,10-12H,3-4,9H2,1-2H3,(H,23,24);1-2H3. The normalized spacial score (nSPS) is 9.88. The summed E-state index contributed by atoms with van der Waals surface area (Å²) in [7, 11) is 0. The van der Waals surface area contributed by atoms with E-state index in [1.54, 1.807) is 17.0 Å². The van der Waals surface area contributed by atoms with E-state index < -0.39 is 5.97 Å². The molecule has 140 valence electrons. The van der Waals surface area contributed by atoms with Gasteiger partial charge in [0.2, 0.25) is 0 Å². The molecule has 0 aromatic heterocycles. The second kappa shape index (κ2) is 10.8. The third-order valence-electron chi connectivity index (χ3n) is 3.77. The van der Waals surface area contributed by atoms with Crippen molar-refractivity contribution in [2.24, 2.45) is 0 Å². The van der Waals surface area contributed by atoms with Crippen LogP contribution in [0.4, 0.5) is 0 Å². The van der Waals surface area contributed by atoms with Crippen LogP contribution in [0.15, 0.2) is 46.9 Å². The number of carbonyl (C=O) groups is 2. The Kier molecular flexibility index (Phi) is 9.07. The Morgan fingerprint density at radius 1 is 0.962 bits per heavy atom. The fourth-order valence-electron chi connectivity index (χ4n) is 2.54. The largest absolute Gasteiger partial charge is 0.478 e. The Hall–Kier alpha value is -2.14. The van der Waals surface area contributed by atoms with Crippen molar-refractivity contribution >= 4 is 27.8 Å². The minimum Gasteiger partial charge on any atom is -0.478 e. The first-order valence-corrected chi connectivity index (χ1v) is 9.69. The SMILES string of the molecule is CC.CCCN(CC)C(=O)c1cc(C(=O)O)cc(-c2ccc(Br)cc2)c1. The van der Waals surface area contributed by atoms with Crippen molar-refractivity contribution in [3.05, 3.63) is 58.1 Å². The highest BCUT2D eigenvalue weighted by Gasteiger charge is 2.17. The van der Waals surface area contributed by atoms with Crippen LogP contribution in [0, 0.1) is 0 Å². The molecule has 0 aliphatic carbocycles. The van der Waals surface area contributed by atoms with Crippen molar-refractivity contribution in [1.29, 1.82) is 0 Å². The van der Waals surface area contributed by atoms with Crippen LogP contribution < -0.4 is 0 Å². The van der Waals surface area contributed by atoms with E-state index in [1.165, 1.54) is 6.07 Å². The average Bonchev–Trinajstić information content (AvgIpc) is 2.67. The maximum Gasteiger partial charge on any atom is 0.335 e. The van der Waals surface area contributed by atoms with Gasteiger partial charge in [0.25, 0.3) is 5.91 Å². The third kappa shape index (κ3) is 5.70. The summed E-state index contributed by atoms with van der Waals surface area (Å²) in [4.78, 5) is 25.9. The zero-order valence-corrected chi connectivity index (χ0v) is 17.3. The summed E-state index contributed by atoms with van der Waals surface area (Å²) in [5.41, 5.74) is 2.11. The van der Waals surface area contributed by atoms with Crippen LogP contribution in [0.1, 0.15) is 54.8 Å². The number of carboxylic acid groups (broad SMARTS) is 1. The highest BCUT2D eigenvalue weighted by Crippen LogP contribution is 2.25. The zero-order chi connectivity index (χ0) is 19.7. The van der Waals surface area contributed by atoms with E-state index >= 15 is 0 Å². The Labute approximate surface area is 164 Å². The van der Waals surface area contributed by atoms with Crippen LogP contribution in [0.5, 0.6) is 0 Å². The second-order valence-corrected chi connectivity index (χ2v) is 6.41. The molecule has 0 saturated carbocycles. The van der Waals surface area contributed by atoms with Gasteiger partial charge in [-0.1, -0.05) is 48.8 Å². The molecule has 0 unspecified atom stereocenters. The molecule has 1 N–H and O–H groups in total. The first-order valence-electron chi connectivity index (χ1n) is 8.89. The molecule has 1 amide bonds. The maximum absolute atomic E-state index is 12.7. The molecule has 0 saturated heterocycles. The summed E-state index contributed by atoms with van der Waals surface area (Å²) >= 11 is 3.38. The molecule has 0 bridgehead atoms. The van der Waals surface area contributed by atoms with Crippen LogP contribution in [0.3, 0.4) is 0 Å². The lowest BCUT2D eigenvalue weighted by atomic mass is 9.99. The van der Waals surface area contributed by atoms with E-state index in [1.807, 2.05) is 52.0 Å². The molecular formula is C21H26BrNO3. The smallest absolute Gasteiger partial charge is 0.335 e. The number of carboxylic acids is 1. The fraction of sp³-hybridized carbons (Fsp3) is 0.333. The van der Waals surface area contributed by atoms with Crippen molar-refractivity contribution < 1.29 is 14.7 Å². The third-order valence-corrected chi connectivity index (χ3v) is 4.30. The Morgan fingerprint density at radius 2 is 1.54 bits per heavy atom. The van der Waals surface area contributed by atoms with Crippen molar-refractivity contribution in [3.63, 3.8) is 0 Å². The summed E-state index contributed by atoms with van der Waals surface area (Å²) in [6.45, 7) is 9.18. The molecule has 0 aliphatic rings. The molecule has 0 aliphatic heterocycles. The number of halogens is 1. The monoisotopic (exact) mass is 419 g/mol. The molecule has 0 fully saturated rings. The number of benzene rings is 2. The predicted molar refractivity (Wildman–Crippen MR) is 110 cm³/mol. The minimum atomic E-state index is -1.04. The van der Waals surface area contributed by atoms with Gasteiger partial charge in [-0.05, 0) is 54.8 Å². The van der Waals surface area contributed by atoms with E-state index in [4.69, 9.17) is 0 Å². The molecule has 5 heteroatoms. The summed E-state index contributed by atoms with van der Waals surface area (Å²) in [6.07, 6.45) is 0.859. The van der Waals surface area contributed by atoms with Crippen molar-refractivity contribution in [2.75, 3.05) is 13.1 Å². The van der Waals surface area contributed by atoms with E-state index in [0.29, 0.717) is 18.7 Å². The van der Waals surface area contributed by atoms with Crippen LogP contribution >= 0.6 is 15.9 Å². The van der Waals surface area contributed by atoms with Gasteiger partial charge in [0.1, 0.15) is 0 Å². The predicted octanol–water partition coefficient (Wildman–Crippen LogP) is 5.71.